The van der Waals surface area contributed by atoms with E-state index in [0.717, 1.165) is 61.7 Å². The van der Waals surface area contributed by atoms with Crippen LogP contribution in [0.2, 0.25) is 0 Å². The molecule has 6 rings (SSSR count). The number of likely N-dealkylation sites (tertiary alicyclic amines) is 1. The molecule has 186 valence electrons. The van der Waals surface area contributed by atoms with Gasteiger partial charge in [0, 0.05) is 62.2 Å². The van der Waals surface area contributed by atoms with Crippen LogP contribution in [0.4, 0.5) is 17.7 Å². The Bertz CT molecular complexity index is 1120. The lowest BCUT2D eigenvalue weighted by atomic mass is 9.81. The normalized spacial score (nSPS) is 28.2. The van der Waals surface area contributed by atoms with Crippen molar-refractivity contribution in [1.82, 2.24) is 24.8 Å². The van der Waals surface area contributed by atoms with Gasteiger partial charge in [-0.05, 0) is 32.6 Å². The summed E-state index contributed by atoms with van der Waals surface area (Å²) in [5, 5.41) is 9.64. The minimum atomic E-state index is -0.325. The Morgan fingerprint density at radius 3 is 2.60 bits per heavy atom. The lowest BCUT2D eigenvalue weighted by Gasteiger charge is -2.38. The topological polar surface area (TPSA) is 134 Å². The maximum atomic E-state index is 13.0. The average molecular weight is 481 g/mol. The fourth-order valence-electron chi connectivity index (χ4n) is 5.77. The largest absolute Gasteiger partial charge is 0.393 e. The molecular formula is C24H32N8O3. The maximum absolute atomic E-state index is 13.0. The molecule has 2 saturated heterocycles. The summed E-state index contributed by atoms with van der Waals surface area (Å²) in [6, 6.07) is 0. The number of amides is 1. The van der Waals surface area contributed by atoms with Crippen LogP contribution in [0.3, 0.4) is 0 Å². The summed E-state index contributed by atoms with van der Waals surface area (Å²) >= 11 is 0. The van der Waals surface area contributed by atoms with Crippen molar-refractivity contribution in [3.05, 3.63) is 18.0 Å². The van der Waals surface area contributed by atoms with Crippen molar-refractivity contribution in [2.75, 3.05) is 61.5 Å². The Labute approximate surface area is 204 Å². The first-order chi connectivity index (χ1) is 16.9. The van der Waals surface area contributed by atoms with Gasteiger partial charge >= 0.3 is 0 Å². The highest BCUT2D eigenvalue weighted by atomic mass is 16.5. The maximum Gasteiger partial charge on any atom is 0.228 e. The Morgan fingerprint density at radius 1 is 1.14 bits per heavy atom. The third-order valence-electron chi connectivity index (χ3n) is 7.93. The van der Waals surface area contributed by atoms with Crippen LogP contribution in [0.15, 0.2) is 12.4 Å². The Kier molecular flexibility index (Phi) is 5.48. The van der Waals surface area contributed by atoms with Crippen LogP contribution in [0.1, 0.15) is 31.7 Å². The number of anilines is 3. The number of aliphatic hydroxyl groups excluding tert-OH is 1. The van der Waals surface area contributed by atoms with E-state index in [-0.39, 0.29) is 29.4 Å². The molecule has 2 aromatic heterocycles. The van der Waals surface area contributed by atoms with Gasteiger partial charge in [0.15, 0.2) is 0 Å². The SMILES string of the molecule is C[C@]1(N2CCc3c(-c4cnc(N)nc4)nc(N4CCOCC4)nc32)CCN(C(=O)C2CC(O)C2)C1. The Hall–Kier alpha value is -3.05. The fourth-order valence-corrected chi connectivity index (χ4v) is 5.77. The van der Waals surface area contributed by atoms with E-state index in [4.69, 9.17) is 20.4 Å². The molecule has 1 amide bonds. The molecule has 1 saturated carbocycles. The number of carbonyl (C=O) groups excluding carboxylic acids is 1. The molecule has 1 aliphatic carbocycles. The highest BCUT2D eigenvalue weighted by molar-refractivity contribution is 5.81. The monoisotopic (exact) mass is 480 g/mol. The van der Waals surface area contributed by atoms with Gasteiger partial charge in [-0.25, -0.2) is 15.0 Å². The number of nitrogens with zero attached hydrogens (tertiary/aromatic N) is 7. The molecule has 5 heterocycles. The number of hydrogen-bond donors (Lipinski definition) is 2. The van der Waals surface area contributed by atoms with Crippen LogP contribution < -0.4 is 15.5 Å². The predicted octanol–water partition coefficient (Wildman–Crippen LogP) is 0.477. The van der Waals surface area contributed by atoms with E-state index in [0.29, 0.717) is 38.5 Å². The standard InChI is InChI=1S/C24H32N8O3/c1-24(3-5-31(14-24)21(34)15-10-17(33)11-15)32-4-2-18-19(16-12-26-22(25)27-13-16)28-23(29-20(18)32)30-6-8-35-9-7-30/h12-13,15,17,33H,2-11,14H2,1H3,(H2,25,26,27)/t15?,17?,24-/m0/s1. The van der Waals surface area contributed by atoms with Crippen LogP contribution in [0.25, 0.3) is 11.3 Å². The smallest absolute Gasteiger partial charge is 0.228 e. The van der Waals surface area contributed by atoms with Crippen LogP contribution >= 0.6 is 0 Å². The number of nitrogen functional groups attached to an aromatic ring is 1. The second-order valence-electron chi connectivity index (χ2n) is 10.3. The lowest BCUT2D eigenvalue weighted by molar-refractivity contribution is -0.141. The van der Waals surface area contributed by atoms with Gasteiger partial charge in [0.25, 0.3) is 0 Å². The third-order valence-corrected chi connectivity index (χ3v) is 7.93. The van der Waals surface area contributed by atoms with Crippen molar-refractivity contribution in [2.45, 2.75) is 44.2 Å². The van der Waals surface area contributed by atoms with Gasteiger partial charge < -0.3 is 30.3 Å². The molecule has 3 N–H and O–H groups in total. The lowest BCUT2D eigenvalue weighted by Crippen LogP contribution is -2.50. The molecular weight excluding hydrogens is 448 g/mol. The van der Waals surface area contributed by atoms with Gasteiger partial charge in [-0.3, -0.25) is 4.79 Å². The van der Waals surface area contributed by atoms with Crippen molar-refractivity contribution in [3.63, 3.8) is 0 Å². The van der Waals surface area contributed by atoms with E-state index < -0.39 is 0 Å². The van der Waals surface area contributed by atoms with Crippen LogP contribution in [-0.2, 0) is 16.0 Å². The van der Waals surface area contributed by atoms with Crippen LogP contribution in [-0.4, -0.2) is 93.4 Å². The summed E-state index contributed by atoms with van der Waals surface area (Å²) < 4.78 is 5.54. The number of nitrogens with two attached hydrogens (primary N) is 1. The van der Waals surface area contributed by atoms with E-state index in [1.54, 1.807) is 12.4 Å². The second kappa shape index (κ2) is 8.56. The van der Waals surface area contributed by atoms with Crippen LogP contribution in [0.5, 0.6) is 0 Å². The van der Waals surface area contributed by atoms with Gasteiger partial charge in [-0.1, -0.05) is 0 Å². The summed E-state index contributed by atoms with van der Waals surface area (Å²) in [4.78, 5) is 37.9. The van der Waals surface area contributed by atoms with E-state index in [9.17, 15) is 9.90 Å². The number of hydrogen-bond acceptors (Lipinski definition) is 10. The molecule has 11 nitrogen and oxygen atoms in total. The molecule has 0 spiro atoms. The highest BCUT2D eigenvalue weighted by Crippen LogP contribution is 2.42. The number of carbonyl (C=O) groups is 1. The third kappa shape index (κ3) is 3.96. The van der Waals surface area contributed by atoms with Crippen molar-refractivity contribution in [3.8, 4) is 11.3 Å². The molecule has 11 heteroatoms. The Balaban J connectivity index is 1.33. The van der Waals surface area contributed by atoms with E-state index in [1.165, 1.54) is 0 Å². The summed E-state index contributed by atoms with van der Waals surface area (Å²) in [7, 11) is 0. The number of rotatable bonds is 4. The highest BCUT2D eigenvalue weighted by Gasteiger charge is 2.47. The molecule has 3 aliphatic heterocycles. The molecule has 0 unspecified atom stereocenters. The predicted molar refractivity (Wildman–Crippen MR) is 130 cm³/mol. The van der Waals surface area contributed by atoms with Crippen molar-refractivity contribution < 1.29 is 14.6 Å². The van der Waals surface area contributed by atoms with Gasteiger partial charge in [0.1, 0.15) is 5.82 Å². The number of aromatic nitrogens is 4. The van der Waals surface area contributed by atoms with Crippen molar-refractivity contribution >= 4 is 23.6 Å². The number of ether oxygens (including phenoxy) is 1. The molecule has 3 fully saturated rings. The first-order valence-corrected chi connectivity index (χ1v) is 12.5. The molecule has 0 radical (unpaired) electrons. The zero-order chi connectivity index (χ0) is 24.2. The van der Waals surface area contributed by atoms with E-state index in [2.05, 4.69) is 26.7 Å². The number of fused-ring (bicyclic) bond motifs is 1. The zero-order valence-electron chi connectivity index (χ0n) is 20.1. The summed E-state index contributed by atoms with van der Waals surface area (Å²) in [6.07, 6.45) is 5.99. The Morgan fingerprint density at radius 2 is 1.89 bits per heavy atom. The number of aliphatic hydroxyl groups is 1. The van der Waals surface area contributed by atoms with Gasteiger partial charge in [-0.15, -0.1) is 0 Å². The molecule has 35 heavy (non-hydrogen) atoms. The number of morpholine rings is 1. The zero-order valence-corrected chi connectivity index (χ0v) is 20.1. The minimum Gasteiger partial charge on any atom is -0.393 e. The van der Waals surface area contributed by atoms with E-state index in [1.807, 2.05) is 4.90 Å². The molecule has 4 aliphatic rings. The quantitative estimate of drug-likeness (QED) is 0.636. The van der Waals surface area contributed by atoms with Crippen molar-refractivity contribution in [1.29, 1.82) is 0 Å². The first-order valence-electron chi connectivity index (χ1n) is 12.5. The molecule has 1 atom stereocenters. The molecule has 0 aromatic carbocycles. The fraction of sp³-hybridized carbons (Fsp3) is 0.625. The van der Waals surface area contributed by atoms with Crippen LogP contribution in [0, 0.1) is 5.92 Å². The van der Waals surface area contributed by atoms with Gasteiger partial charge in [-0.2, -0.15) is 4.98 Å². The van der Waals surface area contributed by atoms with E-state index >= 15 is 0 Å². The minimum absolute atomic E-state index is 0.0365. The first kappa shape index (κ1) is 22.4. The molecule has 0 bridgehead atoms. The second-order valence-corrected chi connectivity index (χ2v) is 10.3. The summed E-state index contributed by atoms with van der Waals surface area (Å²) in [6.45, 7) is 7.22. The summed E-state index contributed by atoms with van der Waals surface area (Å²) in [5.41, 5.74) is 8.28. The van der Waals surface area contributed by atoms with Gasteiger partial charge in [0.2, 0.25) is 17.8 Å². The van der Waals surface area contributed by atoms with Gasteiger partial charge in [0.05, 0.1) is 30.6 Å². The summed E-state index contributed by atoms with van der Waals surface area (Å²) in [5.74, 6) is 1.99. The van der Waals surface area contributed by atoms with Crippen molar-refractivity contribution in [2.24, 2.45) is 5.92 Å². The molecule has 2 aromatic rings. The average Bonchev–Trinajstić information content (AvgIpc) is 3.47.